The van der Waals surface area contributed by atoms with Crippen LogP contribution in [0.25, 0.3) is 0 Å². The molecule has 3 rings (SSSR count). The summed E-state index contributed by atoms with van der Waals surface area (Å²) >= 11 is 0. The molecule has 4 atom stereocenters. The van der Waals surface area contributed by atoms with E-state index in [0.717, 1.165) is 24.4 Å². The van der Waals surface area contributed by atoms with Gasteiger partial charge in [0.05, 0.1) is 6.17 Å². The fourth-order valence-corrected chi connectivity index (χ4v) is 3.88. The Balaban J connectivity index is 1.72. The van der Waals surface area contributed by atoms with Crippen LogP contribution in [-0.2, 0) is 4.79 Å². The highest BCUT2D eigenvalue weighted by Crippen LogP contribution is 2.33. The molecule has 0 aromatic heterocycles. The molecule has 3 nitrogen and oxygen atoms in total. The van der Waals surface area contributed by atoms with Crippen molar-refractivity contribution in [2.24, 2.45) is 11.8 Å². The van der Waals surface area contributed by atoms with Gasteiger partial charge in [-0.2, -0.15) is 0 Å². The van der Waals surface area contributed by atoms with Crippen LogP contribution >= 0.6 is 0 Å². The Hall–Kier alpha value is -1.35. The maximum absolute atomic E-state index is 12.8. The zero-order valence-electron chi connectivity index (χ0n) is 13.1. The molecule has 0 bridgehead atoms. The van der Waals surface area contributed by atoms with Crippen molar-refractivity contribution in [1.82, 2.24) is 10.2 Å². The lowest BCUT2D eigenvalue weighted by Crippen LogP contribution is -2.39. The Morgan fingerprint density at radius 1 is 1.24 bits per heavy atom. The van der Waals surface area contributed by atoms with Crippen LogP contribution in [-0.4, -0.2) is 23.5 Å². The quantitative estimate of drug-likeness (QED) is 0.921. The summed E-state index contributed by atoms with van der Waals surface area (Å²) in [6, 6.07) is 9.94. The molecule has 1 saturated heterocycles. The summed E-state index contributed by atoms with van der Waals surface area (Å²) in [4.78, 5) is 14.9. The van der Waals surface area contributed by atoms with Gasteiger partial charge in [0.1, 0.15) is 6.04 Å². The lowest BCUT2D eigenvalue weighted by molar-refractivity contribution is -0.130. The van der Waals surface area contributed by atoms with Crippen molar-refractivity contribution in [3.63, 3.8) is 0 Å². The molecule has 0 radical (unpaired) electrons. The van der Waals surface area contributed by atoms with E-state index in [9.17, 15) is 4.79 Å². The second kappa shape index (κ2) is 6.18. The standard InChI is InChI=1S/C18H26N2O/c1-3-16-19-17(15-7-5-4-6-8-15)18(21)20(16)12-14-10-9-13(2)11-14/h4-8,13-14,16-17,19H,3,9-12H2,1-2H3. The predicted octanol–water partition coefficient (Wildman–Crippen LogP) is 3.33. The van der Waals surface area contributed by atoms with E-state index in [0.29, 0.717) is 5.92 Å². The Bertz CT molecular complexity index is 487. The first-order valence-electron chi connectivity index (χ1n) is 8.30. The topological polar surface area (TPSA) is 32.3 Å². The van der Waals surface area contributed by atoms with E-state index in [1.807, 2.05) is 30.3 Å². The number of nitrogens with one attached hydrogen (secondary N) is 1. The summed E-state index contributed by atoms with van der Waals surface area (Å²) in [6.45, 7) is 5.41. The fourth-order valence-electron chi connectivity index (χ4n) is 3.88. The first kappa shape index (κ1) is 14.6. The highest BCUT2D eigenvalue weighted by Gasteiger charge is 2.40. The SMILES string of the molecule is CCC1NC(c2ccccc2)C(=O)N1CC1CCC(C)C1. The number of hydrogen-bond donors (Lipinski definition) is 1. The van der Waals surface area contributed by atoms with Crippen LogP contribution in [0, 0.1) is 11.8 Å². The van der Waals surface area contributed by atoms with Gasteiger partial charge in [0.25, 0.3) is 0 Å². The van der Waals surface area contributed by atoms with Crippen molar-refractivity contribution >= 4 is 5.91 Å². The summed E-state index contributed by atoms with van der Waals surface area (Å²) in [6.07, 6.45) is 5.03. The molecule has 3 heteroatoms. The van der Waals surface area contributed by atoms with Gasteiger partial charge < -0.3 is 4.90 Å². The number of amides is 1. The Morgan fingerprint density at radius 3 is 2.62 bits per heavy atom. The van der Waals surface area contributed by atoms with Crippen LogP contribution in [0.3, 0.4) is 0 Å². The van der Waals surface area contributed by atoms with Gasteiger partial charge in [-0.3, -0.25) is 10.1 Å². The van der Waals surface area contributed by atoms with E-state index >= 15 is 0 Å². The minimum atomic E-state index is -0.157. The molecule has 1 N–H and O–H groups in total. The summed E-state index contributed by atoms with van der Waals surface area (Å²) in [5.74, 6) is 1.77. The van der Waals surface area contributed by atoms with Crippen LogP contribution in [0.5, 0.6) is 0 Å². The van der Waals surface area contributed by atoms with Gasteiger partial charge in [-0.25, -0.2) is 0 Å². The number of benzene rings is 1. The van der Waals surface area contributed by atoms with Crippen LogP contribution < -0.4 is 5.32 Å². The van der Waals surface area contributed by atoms with Crippen LogP contribution in [0.15, 0.2) is 30.3 Å². The summed E-state index contributed by atoms with van der Waals surface area (Å²) in [7, 11) is 0. The second-order valence-electron chi connectivity index (χ2n) is 6.71. The van der Waals surface area contributed by atoms with Gasteiger partial charge >= 0.3 is 0 Å². The average Bonchev–Trinajstić information content (AvgIpc) is 3.05. The van der Waals surface area contributed by atoms with Gasteiger partial charge in [-0.15, -0.1) is 0 Å². The molecule has 1 aliphatic carbocycles. The van der Waals surface area contributed by atoms with Crippen molar-refractivity contribution in [3.05, 3.63) is 35.9 Å². The smallest absolute Gasteiger partial charge is 0.245 e. The number of carbonyl (C=O) groups is 1. The van der Waals surface area contributed by atoms with Gasteiger partial charge in [0.2, 0.25) is 5.91 Å². The van der Waals surface area contributed by atoms with E-state index in [-0.39, 0.29) is 18.1 Å². The first-order valence-corrected chi connectivity index (χ1v) is 8.30. The molecular weight excluding hydrogens is 260 g/mol. The van der Waals surface area contributed by atoms with Crippen molar-refractivity contribution in [2.45, 2.75) is 51.7 Å². The van der Waals surface area contributed by atoms with Crippen LogP contribution in [0.2, 0.25) is 0 Å². The minimum Gasteiger partial charge on any atom is -0.325 e. The van der Waals surface area contributed by atoms with Crippen LogP contribution in [0.1, 0.15) is 51.1 Å². The van der Waals surface area contributed by atoms with E-state index in [4.69, 9.17) is 0 Å². The molecule has 2 fully saturated rings. The number of nitrogens with zero attached hydrogens (tertiary/aromatic N) is 1. The maximum Gasteiger partial charge on any atom is 0.245 e. The molecule has 21 heavy (non-hydrogen) atoms. The lowest BCUT2D eigenvalue weighted by atomic mass is 10.0. The predicted molar refractivity (Wildman–Crippen MR) is 84.6 cm³/mol. The van der Waals surface area contributed by atoms with E-state index in [1.54, 1.807) is 0 Å². The van der Waals surface area contributed by atoms with Gasteiger partial charge in [-0.05, 0) is 36.7 Å². The number of hydrogen-bond acceptors (Lipinski definition) is 2. The third-order valence-corrected chi connectivity index (χ3v) is 5.04. The van der Waals surface area contributed by atoms with E-state index in [1.165, 1.54) is 19.3 Å². The molecule has 1 aromatic rings. The van der Waals surface area contributed by atoms with Crippen molar-refractivity contribution in [2.75, 3.05) is 6.54 Å². The molecule has 1 amide bonds. The third-order valence-electron chi connectivity index (χ3n) is 5.04. The molecule has 1 heterocycles. The zero-order valence-corrected chi connectivity index (χ0v) is 13.1. The Morgan fingerprint density at radius 2 is 2.00 bits per heavy atom. The first-order chi connectivity index (χ1) is 10.2. The molecule has 1 aliphatic heterocycles. The average molecular weight is 286 g/mol. The molecule has 114 valence electrons. The normalized spacial score (nSPS) is 32.9. The highest BCUT2D eigenvalue weighted by molar-refractivity contribution is 5.85. The van der Waals surface area contributed by atoms with Crippen molar-refractivity contribution in [1.29, 1.82) is 0 Å². The molecule has 1 saturated carbocycles. The maximum atomic E-state index is 12.8. The minimum absolute atomic E-state index is 0.157. The molecule has 4 unspecified atom stereocenters. The molecular formula is C18H26N2O. The van der Waals surface area contributed by atoms with Crippen molar-refractivity contribution in [3.8, 4) is 0 Å². The lowest BCUT2D eigenvalue weighted by Gasteiger charge is -2.26. The number of carbonyl (C=O) groups excluding carboxylic acids is 1. The zero-order chi connectivity index (χ0) is 14.8. The fraction of sp³-hybridized carbons (Fsp3) is 0.611. The van der Waals surface area contributed by atoms with Gasteiger partial charge in [0.15, 0.2) is 0 Å². The molecule has 0 spiro atoms. The highest BCUT2D eigenvalue weighted by atomic mass is 16.2. The monoisotopic (exact) mass is 286 g/mol. The molecule has 1 aromatic carbocycles. The van der Waals surface area contributed by atoms with E-state index in [2.05, 4.69) is 24.1 Å². The third kappa shape index (κ3) is 2.98. The summed E-state index contributed by atoms with van der Waals surface area (Å²) in [5, 5.41) is 3.52. The Kier molecular flexibility index (Phi) is 4.29. The largest absolute Gasteiger partial charge is 0.325 e. The van der Waals surface area contributed by atoms with E-state index < -0.39 is 0 Å². The summed E-state index contributed by atoms with van der Waals surface area (Å²) in [5.41, 5.74) is 1.09. The summed E-state index contributed by atoms with van der Waals surface area (Å²) < 4.78 is 0. The van der Waals surface area contributed by atoms with Gasteiger partial charge in [-0.1, -0.05) is 50.6 Å². The Labute approximate surface area is 127 Å². The number of rotatable bonds is 4. The van der Waals surface area contributed by atoms with Crippen LogP contribution in [0.4, 0.5) is 0 Å². The van der Waals surface area contributed by atoms with Crippen molar-refractivity contribution < 1.29 is 4.79 Å². The molecule has 2 aliphatic rings. The second-order valence-corrected chi connectivity index (χ2v) is 6.71. The van der Waals surface area contributed by atoms with Gasteiger partial charge in [0, 0.05) is 6.54 Å².